The highest BCUT2D eigenvalue weighted by Crippen LogP contribution is 2.42. The zero-order chi connectivity index (χ0) is 16.8. The largest absolute Gasteiger partial charge is 0.417 e. The van der Waals surface area contributed by atoms with E-state index in [1.54, 1.807) is 12.1 Å². The van der Waals surface area contributed by atoms with E-state index >= 15 is 0 Å². The monoisotopic (exact) mass is 324 g/mol. The van der Waals surface area contributed by atoms with Gasteiger partial charge in [0, 0.05) is 18.7 Å². The van der Waals surface area contributed by atoms with Gasteiger partial charge in [0.05, 0.1) is 11.1 Å². The number of alkyl halides is 3. The molecule has 1 heterocycles. The minimum atomic E-state index is -4.81. The number of rotatable bonds is 2. The Morgan fingerprint density at radius 1 is 1.17 bits per heavy atom. The minimum Gasteiger partial charge on any atom is -0.366 e. The smallest absolute Gasteiger partial charge is 0.366 e. The summed E-state index contributed by atoms with van der Waals surface area (Å²) in [5.74, 6) is -2.26. The maximum absolute atomic E-state index is 13.6. The zero-order valence-electron chi connectivity index (χ0n) is 11.8. The summed E-state index contributed by atoms with van der Waals surface area (Å²) >= 11 is 0. The van der Waals surface area contributed by atoms with Crippen LogP contribution in [0.1, 0.15) is 27.0 Å². The van der Waals surface area contributed by atoms with Crippen LogP contribution in [0.25, 0.3) is 11.1 Å². The van der Waals surface area contributed by atoms with Crippen LogP contribution in [0.5, 0.6) is 0 Å². The Hall–Kier alpha value is -2.41. The summed E-state index contributed by atoms with van der Waals surface area (Å²) in [6, 6.07) is 6.02. The Bertz CT molecular complexity index is 799. The Morgan fingerprint density at radius 3 is 2.57 bits per heavy atom. The van der Waals surface area contributed by atoms with Gasteiger partial charge in [0.1, 0.15) is 5.82 Å². The predicted octanol–water partition coefficient (Wildman–Crippen LogP) is 3.21. The first-order valence-electron chi connectivity index (χ1n) is 6.81. The molecule has 120 valence electrons. The molecule has 0 radical (unpaired) electrons. The van der Waals surface area contributed by atoms with Crippen LogP contribution >= 0.6 is 0 Å². The van der Waals surface area contributed by atoms with Gasteiger partial charge in [-0.3, -0.25) is 4.79 Å². The molecular formula is C16H12F4N2O. The first-order valence-corrected chi connectivity index (χ1v) is 6.81. The molecule has 0 saturated carbocycles. The van der Waals surface area contributed by atoms with Crippen molar-refractivity contribution in [1.82, 2.24) is 5.32 Å². The van der Waals surface area contributed by atoms with Gasteiger partial charge in [0.15, 0.2) is 0 Å². The van der Waals surface area contributed by atoms with Crippen LogP contribution in [0.2, 0.25) is 0 Å². The first kappa shape index (κ1) is 15.5. The summed E-state index contributed by atoms with van der Waals surface area (Å²) in [5.41, 5.74) is 4.89. The number of hydrogen-bond acceptors (Lipinski definition) is 2. The predicted molar refractivity (Wildman–Crippen MR) is 75.9 cm³/mol. The van der Waals surface area contributed by atoms with Crippen molar-refractivity contribution in [2.75, 3.05) is 0 Å². The number of nitrogens with two attached hydrogens (primary N) is 1. The van der Waals surface area contributed by atoms with Crippen molar-refractivity contribution in [3.63, 3.8) is 0 Å². The van der Waals surface area contributed by atoms with Crippen LogP contribution in [-0.4, -0.2) is 5.91 Å². The fourth-order valence-corrected chi connectivity index (χ4v) is 2.88. The number of carbonyl (C=O) groups is 1. The molecule has 0 atom stereocenters. The lowest BCUT2D eigenvalue weighted by Crippen LogP contribution is -2.18. The van der Waals surface area contributed by atoms with Crippen LogP contribution < -0.4 is 11.1 Å². The Labute approximate surface area is 129 Å². The van der Waals surface area contributed by atoms with Crippen LogP contribution in [-0.2, 0) is 19.3 Å². The van der Waals surface area contributed by atoms with E-state index in [-0.39, 0.29) is 11.1 Å². The number of primary amides is 1. The fraction of sp³-hybridized carbons (Fsp3) is 0.188. The molecular weight excluding hydrogens is 312 g/mol. The van der Waals surface area contributed by atoms with E-state index in [2.05, 4.69) is 5.32 Å². The van der Waals surface area contributed by atoms with Crippen LogP contribution in [0.15, 0.2) is 30.3 Å². The third-order valence-corrected chi connectivity index (χ3v) is 3.83. The van der Waals surface area contributed by atoms with Crippen molar-refractivity contribution in [1.29, 1.82) is 0 Å². The molecule has 3 nitrogen and oxygen atoms in total. The van der Waals surface area contributed by atoms with Gasteiger partial charge in [-0.05, 0) is 28.8 Å². The molecule has 3 N–H and O–H groups in total. The van der Waals surface area contributed by atoms with Crippen molar-refractivity contribution >= 4 is 5.91 Å². The molecule has 0 fully saturated rings. The summed E-state index contributed by atoms with van der Waals surface area (Å²) in [6.07, 6.45) is -4.81. The summed E-state index contributed by atoms with van der Waals surface area (Å²) < 4.78 is 53.7. The number of benzene rings is 2. The van der Waals surface area contributed by atoms with E-state index in [1.165, 1.54) is 6.07 Å². The van der Waals surface area contributed by atoms with Crippen molar-refractivity contribution in [3.05, 3.63) is 58.4 Å². The first-order chi connectivity index (χ1) is 10.8. The van der Waals surface area contributed by atoms with Gasteiger partial charge < -0.3 is 11.1 Å². The topological polar surface area (TPSA) is 55.1 Å². The molecule has 0 aliphatic carbocycles. The second kappa shape index (κ2) is 5.34. The standard InChI is InChI=1S/C16H12F4N2O/c17-9-4-11(15(21)23)14(13(5-9)16(18,19)20)10-3-1-2-8-6-22-7-12(8)10/h1-5,22H,6-7H2,(H2,21,23). The normalized spacial score (nSPS) is 13.9. The van der Waals surface area contributed by atoms with E-state index in [4.69, 9.17) is 5.73 Å². The van der Waals surface area contributed by atoms with E-state index < -0.39 is 29.0 Å². The molecule has 0 saturated heterocycles. The molecule has 7 heteroatoms. The zero-order valence-corrected chi connectivity index (χ0v) is 11.8. The van der Waals surface area contributed by atoms with Gasteiger partial charge >= 0.3 is 6.18 Å². The number of carbonyl (C=O) groups excluding carboxylic acids is 1. The van der Waals surface area contributed by atoms with Crippen LogP contribution in [0.3, 0.4) is 0 Å². The lowest BCUT2D eigenvalue weighted by molar-refractivity contribution is -0.137. The Balaban J connectivity index is 2.39. The van der Waals surface area contributed by atoms with Crippen LogP contribution in [0, 0.1) is 5.82 Å². The van der Waals surface area contributed by atoms with Crippen molar-refractivity contribution in [2.24, 2.45) is 5.73 Å². The van der Waals surface area contributed by atoms with Gasteiger partial charge in [-0.25, -0.2) is 4.39 Å². The maximum Gasteiger partial charge on any atom is 0.417 e. The highest BCUT2D eigenvalue weighted by atomic mass is 19.4. The quantitative estimate of drug-likeness (QED) is 0.834. The molecule has 0 unspecified atom stereocenters. The number of fused-ring (bicyclic) bond motifs is 1. The Kier molecular flexibility index (Phi) is 3.60. The van der Waals surface area contributed by atoms with Gasteiger partial charge in [-0.1, -0.05) is 18.2 Å². The molecule has 2 aromatic rings. The highest BCUT2D eigenvalue weighted by molar-refractivity contribution is 6.01. The molecule has 0 spiro atoms. The molecule has 0 bridgehead atoms. The van der Waals surface area contributed by atoms with E-state index in [1.807, 2.05) is 0 Å². The minimum absolute atomic E-state index is 0.244. The molecule has 2 aromatic carbocycles. The molecule has 1 amide bonds. The molecule has 0 aromatic heterocycles. The maximum atomic E-state index is 13.6. The van der Waals surface area contributed by atoms with E-state index in [9.17, 15) is 22.4 Å². The van der Waals surface area contributed by atoms with Gasteiger partial charge in [-0.15, -0.1) is 0 Å². The lowest BCUT2D eigenvalue weighted by Gasteiger charge is -2.18. The second-order valence-electron chi connectivity index (χ2n) is 5.28. The number of halogens is 4. The van der Waals surface area contributed by atoms with Gasteiger partial charge in [0.25, 0.3) is 0 Å². The fourth-order valence-electron chi connectivity index (χ4n) is 2.88. The summed E-state index contributed by atoms with van der Waals surface area (Å²) in [7, 11) is 0. The Morgan fingerprint density at radius 2 is 1.91 bits per heavy atom. The van der Waals surface area contributed by atoms with Crippen molar-refractivity contribution < 1.29 is 22.4 Å². The number of nitrogens with one attached hydrogen (secondary N) is 1. The highest BCUT2D eigenvalue weighted by Gasteiger charge is 2.37. The SMILES string of the molecule is NC(=O)c1cc(F)cc(C(F)(F)F)c1-c1cccc2c1CNC2. The molecule has 1 aliphatic heterocycles. The van der Waals surface area contributed by atoms with Crippen molar-refractivity contribution in [2.45, 2.75) is 19.3 Å². The third-order valence-electron chi connectivity index (χ3n) is 3.83. The second-order valence-corrected chi connectivity index (χ2v) is 5.28. The summed E-state index contributed by atoms with van der Waals surface area (Å²) in [4.78, 5) is 11.6. The number of hydrogen-bond donors (Lipinski definition) is 2. The number of amides is 1. The van der Waals surface area contributed by atoms with Crippen molar-refractivity contribution in [3.8, 4) is 11.1 Å². The molecule has 3 rings (SSSR count). The average Bonchev–Trinajstić information content (AvgIpc) is 2.93. The summed E-state index contributed by atoms with van der Waals surface area (Å²) in [5, 5.41) is 3.04. The van der Waals surface area contributed by atoms with E-state index in [0.29, 0.717) is 24.7 Å². The van der Waals surface area contributed by atoms with Crippen LogP contribution in [0.4, 0.5) is 17.6 Å². The lowest BCUT2D eigenvalue weighted by atomic mass is 9.89. The summed E-state index contributed by atoms with van der Waals surface area (Å²) in [6.45, 7) is 0.899. The van der Waals surface area contributed by atoms with Gasteiger partial charge in [0.2, 0.25) is 5.91 Å². The van der Waals surface area contributed by atoms with E-state index in [0.717, 1.165) is 11.6 Å². The average molecular weight is 324 g/mol. The molecule has 23 heavy (non-hydrogen) atoms. The van der Waals surface area contributed by atoms with Gasteiger partial charge in [-0.2, -0.15) is 13.2 Å². The third kappa shape index (κ3) is 2.68. The molecule has 1 aliphatic rings.